The molecule has 1 spiro atoms. The minimum atomic E-state index is 0.257. The van der Waals surface area contributed by atoms with E-state index in [4.69, 9.17) is 4.74 Å². The van der Waals surface area contributed by atoms with E-state index in [0.717, 1.165) is 19.1 Å². The maximum Gasteiger partial charge on any atom is 0.0838 e. The standard InChI is InChI=1S/C14H25NO/c1-2-4-7-12(6-3-1)13-14(8-5-9-14)16-11-10-15-13/h12-13,15H,1-11H2. The van der Waals surface area contributed by atoms with Crippen LogP contribution >= 0.6 is 0 Å². The molecule has 0 aromatic rings. The number of hydrogen-bond donors (Lipinski definition) is 1. The normalized spacial score (nSPS) is 35.6. The van der Waals surface area contributed by atoms with Crippen molar-refractivity contribution in [3.8, 4) is 0 Å². The molecule has 1 aliphatic heterocycles. The molecule has 3 fully saturated rings. The second-order valence-electron chi connectivity index (χ2n) is 5.95. The molecule has 2 aliphatic carbocycles. The zero-order valence-corrected chi connectivity index (χ0v) is 10.3. The summed E-state index contributed by atoms with van der Waals surface area (Å²) in [4.78, 5) is 0. The van der Waals surface area contributed by atoms with Gasteiger partial charge in [-0.15, -0.1) is 0 Å². The van der Waals surface area contributed by atoms with E-state index in [1.165, 1.54) is 57.8 Å². The van der Waals surface area contributed by atoms with Crippen LogP contribution in [0.3, 0.4) is 0 Å². The number of rotatable bonds is 1. The third-order valence-electron chi connectivity index (χ3n) is 4.99. The van der Waals surface area contributed by atoms with Crippen molar-refractivity contribution >= 4 is 0 Å². The van der Waals surface area contributed by atoms with Crippen molar-refractivity contribution in [2.75, 3.05) is 13.2 Å². The highest BCUT2D eigenvalue weighted by atomic mass is 16.5. The molecule has 0 bridgehead atoms. The second kappa shape index (κ2) is 4.66. The highest BCUT2D eigenvalue weighted by Crippen LogP contribution is 2.44. The van der Waals surface area contributed by atoms with Crippen molar-refractivity contribution in [1.29, 1.82) is 0 Å². The Bertz CT molecular complexity index is 229. The Morgan fingerprint density at radius 2 is 1.69 bits per heavy atom. The van der Waals surface area contributed by atoms with Gasteiger partial charge in [0.15, 0.2) is 0 Å². The lowest BCUT2D eigenvalue weighted by Crippen LogP contribution is -2.64. The van der Waals surface area contributed by atoms with Crippen LogP contribution in [0.5, 0.6) is 0 Å². The van der Waals surface area contributed by atoms with Crippen molar-refractivity contribution in [2.24, 2.45) is 5.92 Å². The van der Waals surface area contributed by atoms with Crippen LogP contribution in [0.1, 0.15) is 57.8 Å². The summed E-state index contributed by atoms with van der Waals surface area (Å²) in [6.07, 6.45) is 12.7. The molecule has 2 nitrogen and oxygen atoms in total. The third-order valence-corrected chi connectivity index (χ3v) is 4.99. The Labute approximate surface area is 99.1 Å². The van der Waals surface area contributed by atoms with Gasteiger partial charge in [-0.05, 0) is 38.0 Å². The smallest absolute Gasteiger partial charge is 0.0838 e. The molecule has 3 aliphatic rings. The first-order valence-corrected chi connectivity index (χ1v) is 7.28. The van der Waals surface area contributed by atoms with E-state index in [0.29, 0.717) is 6.04 Å². The molecule has 0 amide bonds. The Morgan fingerprint density at radius 1 is 0.938 bits per heavy atom. The second-order valence-corrected chi connectivity index (χ2v) is 5.95. The highest BCUT2D eigenvalue weighted by molar-refractivity contribution is 5.04. The van der Waals surface area contributed by atoms with Crippen LogP contribution in [0, 0.1) is 5.92 Å². The van der Waals surface area contributed by atoms with Crippen LogP contribution in [0.25, 0.3) is 0 Å². The molecule has 0 aromatic carbocycles. The molecule has 0 radical (unpaired) electrons. The van der Waals surface area contributed by atoms with Gasteiger partial charge in [-0.1, -0.05) is 25.7 Å². The van der Waals surface area contributed by atoms with Gasteiger partial charge in [0.2, 0.25) is 0 Å². The molecule has 1 N–H and O–H groups in total. The van der Waals surface area contributed by atoms with Gasteiger partial charge in [0, 0.05) is 12.6 Å². The first kappa shape index (κ1) is 11.0. The Kier molecular flexibility index (Phi) is 3.21. The van der Waals surface area contributed by atoms with Gasteiger partial charge >= 0.3 is 0 Å². The topological polar surface area (TPSA) is 21.3 Å². The van der Waals surface area contributed by atoms with E-state index in [-0.39, 0.29) is 5.60 Å². The fourth-order valence-electron chi connectivity index (χ4n) is 3.97. The summed E-state index contributed by atoms with van der Waals surface area (Å²) in [6.45, 7) is 2.01. The monoisotopic (exact) mass is 223 g/mol. The van der Waals surface area contributed by atoms with E-state index in [9.17, 15) is 0 Å². The SMILES string of the molecule is C1CCCC(C2NCCOC23CCC3)CC1. The number of ether oxygens (including phenoxy) is 1. The number of hydrogen-bond acceptors (Lipinski definition) is 2. The molecule has 1 saturated heterocycles. The van der Waals surface area contributed by atoms with Crippen molar-refractivity contribution in [2.45, 2.75) is 69.4 Å². The first-order chi connectivity index (χ1) is 7.91. The molecule has 1 unspecified atom stereocenters. The quantitative estimate of drug-likeness (QED) is 0.690. The van der Waals surface area contributed by atoms with E-state index in [2.05, 4.69) is 5.32 Å². The molecular weight excluding hydrogens is 198 g/mol. The summed E-state index contributed by atoms with van der Waals surface area (Å²) in [5.74, 6) is 0.892. The van der Waals surface area contributed by atoms with Gasteiger partial charge in [0.25, 0.3) is 0 Å². The van der Waals surface area contributed by atoms with E-state index < -0.39 is 0 Å². The average molecular weight is 223 g/mol. The van der Waals surface area contributed by atoms with Crippen LogP contribution in [-0.2, 0) is 4.74 Å². The Morgan fingerprint density at radius 3 is 2.31 bits per heavy atom. The molecule has 2 saturated carbocycles. The Balaban J connectivity index is 1.70. The lowest BCUT2D eigenvalue weighted by Gasteiger charge is -2.53. The van der Waals surface area contributed by atoms with Crippen LogP contribution in [0.2, 0.25) is 0 Å². The maximum absolute atomic E-state index is 6.15. The average Bonchev–Trinajstić information content (AvgIpc) is 2.55. The summed E-state index contributed by atoms with van der Waals surface area (Å²) >= 11 is 0. The predicted molar refractivity (Wildman–Crippen MR) is 65.5 cm³/mol. The maximum atomic E-state index is 6.15. The van der Waals surface area contributed by atoms with Crippen LogP contribution in [0.15, 0.2) is 0 Å². The summed E-state index contributed by atoms with van der Waals surface area (Å²) in [6, 6.07) is 0.674. The van der Waals surface area contributed by atoms with E-state index in [1.807, 2.05) is 0 Å². The minimum absolute atomic E-state index is 0.257. The van der Waals surface area contributed by atoms with Gasteiger partial charge in [0.05, 0.1) is 12.2 Å². The van der Waals surface area contributed by atoms with Gasteiger partial charge in [0.1, 0.15) is 0 Å². The van der Waals surface area contributed by atoms with Gasteiger partial charge < -0.3 is 10.1 Å². The number of nitrogens with one attached hydrogen (secondary N) is 1. The fraction of sp³-hybridized carbons (Fsp3) is 1.00. The molecular formula is C14H25NO. The van der Waals surface area contributed by atoms with E-state index in [1.54, 1.807) is 0 Å². The molecule has 0 aromatic heterocycles. The molecule has 1 heterocycles. The molecule has 3 rings (SSSR count). The van der Waals surface area contributed by atoms with Gasteiger partial charge in [-0.3, -0.25) is 0 Å². The zero-order chi connectivity index (χ0) is 10.8. The van der Waals surface area contributed by atoms with Crippen LogP contribution in [-0.4, -0.2) is 24.8 Å². The largest absolute Gasteiger partial charge is 0.372 e. The summed E-state index contributed by atoms with van der Waals surface area (Å²) in [5, 5.41) is 3.78. The van der Waals surface area contributed by atoms with Crippen molar-refractivity contribution in [3.05, 3.63) is 0 Å². The van der Waals surface area contributed by atoms with Crippen molar-refractivity contribution < 1.29 is 4.74 Å². The first-order valence-electron chi connectivity index (χ1n) is 7.28. The summed E-state index contributed by atoms with van der Waals surface area (Å²) < 4.78 is 6.15. The van der Waals surface area contributed by atoms with Crippen LogP contribution in [0.4, 0.5) is 0 Å². The van der Waals surface area contributed by atoms with Gasteiger partial charge in [-0.2, -0.15) is 0 Å². The summed E-state index contributed by atoms with van der Waals surface area (Å²) in [5.41, 5.74) is 0.257. The van der Waals surface area contributed by atoms with Crippen molar-refractivity contribution in [3.63, 3.8) is 0 Å². The number of morpholine rings is 1. The molecule has 1 atom stereocenters. The molecule has 92 valence electrons. The molecule has 2 heteroatoms. The lowest BCUT2D eigenvalue weighted by molar-refractivity contribution is -0.157. The third kappa shape index (κ3) is 1.91. The fourth-order valence-corrected chi connectivity index (χ4v) is 3.97. The summed E-state index contributed by atoms with van der Waals surface area (Å²) in [7, 11) is 0. The van der Waals surface area contributed by atoms with Gasteiger partial charge in [-0.25, -0.2) is 0 Å². The predicted octanol–water partition coefficient (Wildman–Crippen LogP) is 2.87. The van der Waals surface area contributed by atoms with E-state index >= 15 is 0 Å². The minimum Gasteiger partial charge on any atom is -0.372 e. The zero-order valence-electron chi connectivity index (χ0n) is 10.3. The van der Waals surface area contributed by atoms with Crippen LogP contribution < -0.4 is 5.32 Å². The molecule has 16 heavy (non-hydrogen) atoms. The van der Waals surface area contributed by atoms with Crippen molar-refractivity contribution in [1.82, 2.24) is 5.32 Å². The lowest BCUT2D eigenvalue weighted by atomic mass is 9.68. The Hall–Kier alpha value is -0.0800. The highest BCUT2D eigenvalue weighted by Gasteiger charge is 2.49.